The van der Waals surface area contributed by atoms with Crippen molar-refractivity contribution in [2.75, 3.05) is 12.8 Å². The summed E-state index contributed by atoms with van der Waals surface area (Å²) in [6, 6.07) is 9.55. The molecule has 19 heavy (non-hydrogen) atoms. The van der Waals surface area contributed by atoms with E-state index in [2.05, 4.69) is 10.2 Å². The van der Waals surface area contributed by atoms with Gasteiger partial charge in [-0.1, -0.05) is 12.1 Å². The molecule has 2 aromatic heterocycles. The van der Waals surface area contributed by atoms with Gasteiger partial charge in [-0.15, -0.1) is 0 Å². The molecule has 3 aromatic rings. The van der Waals surface area contributed by atoms with Crippen molar-refractivity contribution >= 4 is 5.82 Å². The molecular formula is C14H13N3O2. The number of hydrogen-bond donors (Lipinski definition) is 2. The van der Waals surface area contributed by atoms with Gasteiger partial charge >= 0.3 is 0 Å². The monoisotopic (exact) mass is 255 g/mol. The second kappa shape index (κ2) is 4.53. The molecule has 0 unspecified atom stereocenters. The minimum Gasteiger partial charge on any atom is -0.497 e. The summed E-state index contributed by atoms with van der Waals surface area (Å²) >= 11 is 0. The Kier molecular flexibility index (Phi) is 2.72. The van der Waals surface area contributed by atoms with Gasteiger partial charge in [-0.3, -0.25) is 5.10 Å². The van der Waals surface area contributed by atoms with E-state index in [-0.39, 0.29) is 0 Å². The minimum atomic E-state index is 0.449. The molecule has 0 fully saturated rings. The lowest BCUT2D eigenvalue weighted by molar-refractivity contribution is 0.415. The number of rotatable bonds is 3. The Labute approximate surface area is 110 Å². The molecule has 0 saturated heterocycles. The average molecular weight is 255 g/mol. The third kappa shape index (κ3) is 1.95. The Morgan fingerprint density at radius 1 is 1.26 bits per heavy atom. The molecule has 3 N–H and O–H groups in total. The van der Waals surface area contributed by atoms with Crippen LogP contribution in [0.25, 0.3) is 22.4 Å². The molecule has 5 nitrogen and oxygen atoms in total. The van der Waals surface area contributed by atoms with Crippen molar-refractivity contribution in [3.63, 3.8) is 0 Å². The largest absolute Gasteiger partial charge is 0.497 e. The van der Waals surface area contributed by atoms with Gasteiger partial charge in [-0.05, 0) is 23.8 Å². The number of aromatic amines is 1. The maximum Gasteiger partial charge on any atom is 0.153 e. The first-order valence-electron chi connectivity index (χ1n) is 5.80. The summed E-state index contributed by atoms with van der Waals surface area (Å²) in [6.07, 6.45) is 3.26. The SMILES string of the molecule is COc1cccc(-c2c(N)n[nH]c2-c2ccoc2)c1. The zero-order valence-corrected chi connectivity index (χ0v) is 10.4. The molecule has 0 saturated carbocycles. The number of nitrogen functional groups attached to an aromatic ring is 1. The molecule has 1 aromatic carbocycles. The van der Waals surface area contributed by atoms with Crippen molar-refractivity contribution < 1.29 is 9.15 Å². The van der Waals surface area contributed by atoms with E-state index >= 15 is 0 Å². The topological polar surface area (TPSA) is 77.1 Å². The van der Waals surface area contributed by atoms with Gasteiger partial charge in [0.05, 0.1) is 30.9 Å². The fraction of sp³-hybridized carbons (Fsp3) is 0.0714. The Hall–Kier alpha value is -2.69. The molecule has 3 rings (SSSR count). The van der Waals surface area contributed by atoms with Crippen LogP contribution in [-0.2, 0) is 0 Å². The summed E-state index contributed by atoms with van der Waals surface area (Å²) in [5, 5.41) is 7.01. The molecule has 0 aliphatic rings. The second-order valence-corrected chi connectivity index (χ2v) is 4.10. The van der Waals surface area contributed by atoms with Crippen LogP contribution in [0.4, 0.5) is 5.82 Å². The molecule has 0 spiro atoms. The van der Waals surface area contributed by atoms with E-state index in [4.69, 9.17) is 14.9 Å². The van der Waals surface area contributed by atoms with E-state index in [1.165, 1.54) is 0 Å². The van der Waals surface area contributed by atoms with Gasteiger partial charge in [0, 0.05) is 5.56 Å². The van der Waals surface area contributed by atoms with Crippen molar-refractivity contribution in [2.45, 2.75) is 0 Å². The lowest BCUT2D eigenvalue weighted by Gasteiger charge is -2.05. The number of aromatic nitrogens is 2. The van der Waals surface area contributed by atoms with Crippen LogP contribution in [0.3, 0.4) is 0 Å². The first-order valence-corrected chi connectivity index (χ1v) is 5.80. The number of methoxy groups -OCH3 is 1. The van der Waals surface area contributed by atoms with Gasteiger partial charge in [0.1, 0.15) is 5.75 Å². The summed E-state index contributed by atoms with van der Waals surface area (Å²) in [7, 11) is 1.63. The number of furan rings is 1. The standard InChI is InChI=1S/C14H13N3O2/c1-18-11-4-2-3-9(7-11)12-13(16-17-14(12)15)10-5-6-19-8-10/h2-8H,1H3,(H3,15,16,17). The van der Waals surface area contributed by atoms with Crippen LogP contribution in [-0.4, -0.2) is 17.3 Å². The summed E-state index contributed by atoms with van der Waals surface area (Å²) in [4.78, 5) is 0. The van der Waals surface area contributed by atoms with Crippen LogP contribution in [0.15, 0.2) is 47.3 Å². The lowest BCUT2D eigenvalue weighted by Crippen LogP contribution is -1.89. The molecule has 2 heterocycles. The average Bonchev–Trinajstić information content (AvgIpc) is 3.07. The number of nitrogens with two attached hydrogens (primary N) is 1. The van der Waals surface area contributed by atoms with Crippen molar-refractivity contribution in [1.29, 1.82) is 0 Å². The fourth-order valence-corrected chi connectivity index (χ4v) is 2.04. The molecule has 0 bridgehead atoms. The molecule has 0 amide bonds. The third-order valence-electron chi connectivity index (χ3n) is 2.96. The lowest BCUT2D eigenvalue weighted by atomic mass is 10.0. The molecule has 5 heteroatoms. The third-order valence-corrected chi connectivity index (χ3v) is 2.96. The summed E-state index contributed by atoms with van der Waals surface area (Å²) in [6.45, 7) is 0. The maximum atomic E-state index is 5.96. The first kappa shape index (κ1) is 11.4. The smallest absolute Gasteiger partial charge is 0.153 e. The van der Waals surface area contributed by atoms with Crippen LogP contribution in [0.5, 0.6) is 5.75 Å². The van der Waals surface area contributed by atoms with Crippen LogP contribution in [0, 0.1) is 0 Å². The van der Waals surface area contributed by atoms with Gasteiger partial charge in [-0.2, -0.15) is 5.10 Å². The Bertz CT molecular complexity index is 687. The van der Waals surface area contributed by atoms with Crippen LogP contribution in [0.2, 0.25) is 0 Å². The Balaban J connectivity index is 2.16. The molecule has 96 valence electrons. The van der Waals surface area contributed by atoms with Crippen LogP contribution < -0.4 is 10.5 Å². The normalized spacial score (nSPS) is 10.6. The number of anilines is 1. The predicted octanol–water partition coefficient (Wildman–Crippen LogP) is 2.93. The number of H-pyrrole nitrogens is 1. The quantitative estimate of drug-likeness (QED) is 0.754. The zero-order valence-electron chi connectivity index (χ0n) is 10.4. The highest BCUT2D eigenvalue weighted by molar-refractivity contribution is 5.87. The Morgan fingerprint density at radius 2 is 2.16 bits per heavy atom. The van der Waals surface area contributed by atoms with Gasteiger partial charge in [0.25, 0.3) is 0 Å². The fourth-order valence-electron chi connectivity index (χ4n) is 2.04. The highest BCUT2D eigenvalue weighted by Crippen LogP contribution is 2.35. The van der Waals surface area contributed by atoms with Crippen molar-refractivity contribution in [3.05, 3.63) is 42.9 Å². The number of nitrogens with one attached hydrogen (secondary N) is 1. The maximum absolute atomic E-state index is 5.96. The van der Waals surface area contributed by atoms with E-state index in [9.17, 15) is 0 Å². The molecular weight excluding hydrogens is 242 g/mol. The number of hydrogen-bond acceptors (Lipinski definition) is 4. The molecule has 0 radical (unpaired) electrons. The summed E-state index contributed by atoms with van der Waals surface area (Å²) < 4.78 is 10.3. The van der Waals surface area contributed by atoms with Crippen molar-refractivity contribution in [2.24, 2.45) is 0 Å². The highest BCUT2D eigenvalue weighted by atomic mass is 16.5. The number of ether oxygens (including phenoxy) is 1. The van der Waals surface area contributed by atoms with Gasteiger partial charge in [-0.25, -0.2) is 0 Å². The highest BCUT2D eigenvalue weighted by Gasteiger charge is 2.15. The van der Waals surface area contributed by atoms with Crippen molar-refractivity contribution in [1.82, 2.24) is 10.2 Å². The second-order valence-electron chi connectivity index (χ2n) is 4.10. The van der Waals surface area contributed by atoms with Crippen LogP contribution >= 0.6 is 0 Å². The Morgan fingerprint density at radius 3 is 2.89 bits per heavy atom. The number of benzene rings is 1. The van der Waals surface area contributed by atoms with Crippen LogP contribution in [0.1, 0.15) is 0 Å². The molecule has 0 aliphatic carbocycles. The van der Waals surface area contributed by atoms with Gasteiger partial charge < -0.3 is 14.9 Å². The molecule has 0 atom stereocenters. The van der Waals surface area contributed by atoms with E-state index in [0.717, 1.165) is 28.1 Å². The van der Waals surface area contributed by atoms with Crippen molar-refractivity contribution in [3.8, 4) is 28.1 Å². The van der Waals surface area contributed by atoms with E-state index < -0.39 is 0 Å². The van der Waals surface area contributed by atoms with E-state index in [0.29, 0.717) is 5.82 Å². The minimum absolute atomic E-state index is 0.449. The summed E-state index contributed by atoms with van der Waals surface area (Å²) in [5.74, 6) is 1.22. The zero-order chi connectivity index (χ0) is 13.2. The van der Waals surface area contributed by atoms with E-state index in [1.54, 1.807) is 19.6 Å². The van der Waals surface area contributed by atoms with E-state index in [1.807, 2.05) is 30.3 Å². The number of nitrogens with zero attached hydrogens (tertiary/aromatic N) is 1. The van der Waals surface area contributed by atoms with Gasteiger partial charge in [0.15, 0.2) is 5.82 Å². The summed E-state index contributed by atoms with van der Waals surface area (Å²) in [5.41, 5.74) is 9.49. The van der Waals surface area contributed by atoms with Gasteiger partial charge in [0.2, 0.25) is 0 Å². The predicted molar refractivity (Wildman–Crippen MR) is 72.7 cm³/mol. The molecule has 0 aliphatic heterocycles. The first-order chi connectivity index (χ1) is 9.29.